The van der Waals surface area contributed by atoms with Gasteiger partial charge in [-0.2, -0.15) is 0 Å². The maximum atomic E-state index is 12.9. The molecule has 150 valence electrons. The second kappa shape index (κ2) is 9.88. The third-order valence-corrected chi connectivity index (χ3v) is 5.76. The van der Waals surface area contributed by atoms with E-state index in [1.54, 1.807) is 11.2 Å². The molecule has 2 atom stereocenters. The molecule has 27 heavy (non-hydrogen) atoms. The van der Waals surface area contributed by atoms with Crippen LogP contribution < -0.4 is 10.6 Å². The van der Waals surface area contributed by atoms with E-state index < -0.39 is 0 Å². The zero-order valence-corrected chi connectivity index (χ0v) is 16.4. The lowest BCUT2D eigenvalue weighted by Gasteiger charge is -2.30. The van der Waals surface area contributed by atoms with Crippen molar-refractivity contribution in [3.63, 3.8) is 0 Å². The normalized spacial score (nSPS) is 22.0. The summed E-state index contributed by atoms with van der Waals surface area (Å²) in [5, 5.41) is 6.49. The fraction of sp³-hybridized carbons (Fsp3) is 0.750. The van der Waals surface area contributed by atoms with Crippen molar-refractivity contribution in [2.75, 3.05) is 13.1 Å². The van der Waals surface area contributed by atoms with Crippen molar-refractivity contribution in [3.05, 3.63) is 18.2 Å². The van der Waals surface area contributed by atoms with Gasteiger partial charge in [0, 0.05) is 25.3 Å². The van der Waals surface area contributed by atoms with Gasteiger partial charge < -0.3 is 20.5 Å². The number of hydrogen-bond acceptors (Lipinski definition) is 4. The molecule has 1 aromatic rings. The lowest BCUT2D eigenvalue weighted by molar-refractivity contribution is -0.139. The summed E-state index contributed by atoms with van der Waals surface area (Å²) >= 11 is 0. The first-order chi connectivity index (χ1) is 13.1. The first kappa shape index (κ1) is 19.9. The van der Waals surface area contributed by atoms with Crippen molar-refractivity contribution in [1.29, 1.82) is 0 Å². The van der Waals surface area contributed by atoms with Gasteiger partial charge in [0.15, 0.2) is 0 Å². The fourth-order valence-corrected chi connectivity index (χ4v) is 4.27. The molecule has 7 heteroatoms. The van der Waals surface area contributed by atoms with Crippen molar-refractivity contribution >= 4 is 11.8 Å². The summed E-state index contributed by atoms with van der Waals surface area (Å²) in [6.45, 7) is 3.23. The van der Waals surface area contributed by atoms with Crippen LogP contribution in [0, 0.1) is 0 Å². The molecule has 1 saturated carbocycles. The van der Waals surface area contributed by atoms with Gasteiger partial charge in [0.25, 0.3) is 0 Å². The average Bonchev–Trinajstić information content (AvgIpc) is 3.37. The molecule has 0 unspecified atom stereocenters. The average molecular weight is 376 g/mol. The lowest BCUT2D eigenvalue weighted by atomic mass is 9.95. The van der Waals surface area contributed by atoms with Crippen LogP contribution >= 0.6 is 0 Å². The molecule has 2 heterocycles. The summed E-state index contributed by atoms with van der Waals surface area (Å²) in [6, 6.07) is -0.103. The van der Waals surface area contributed by atoms with Gasteiger partial charge in [-0.15, -0.1) is 0 Å². The Hall–Kier alpha value is -1.89. The Morgan fingerprint density at radius 3 is 2.81 bits per heavy atom. The molecule has 1 aliphatic carbocycles. The van der Waals surface area contributed by atoms with E-state index in [4.69, 9.17) is 0 Å². The fourth-order valence-electron chi connectivity index (χ4n) is 4.27. The van der Waals surface area contributed by atoms with E-state index in [1.807, 2.05) is 13.1 Å². The van der Waals surface area contributed by atoms with Crippen molar-refractivity contribution in [3.8, 4) is 0 Å². The van der Waals surface area contributed by atoms with Crippen molar-refractivity contribution in [2.24, 2.45) is 0 Å². The van der Waals surface area contributed by atoms with Crippen LogP contribution in [0.1, 0.15) is 64.0 Å². The van der Waals surface area contributed by atoms with Gasteiger partial charge in [-0.3, -0.25) is 9.59 Å². The summed E-state index contributed by atoms with van der Waals surface area (Å²) in [5.74, 6) is 0.0440. The first-order valence-electron chi connectivity index (χ1n) is 10.5. The minimum atomic E-state index is -0.321. The molecule has 7 nitrogen and oxygen atoms in total. The maximum absolute atomic E-state index is 12.9. The summed E-state index contributed by atoms with van der Waals surface area (Å²) in [5.41, 5.74) is 1.00. The number of amides is 2. The van der Waals surface area contributed by atoms with Gasteiger partial charge in [-0.05, 0) is 45.4 Å². The number of carbonyl (C=O) groups excluding carboxylic acids is 2. The van der Waals surface area contributed by atoms with E-state index in [9.17, 15) is 9.59 Å². The minimum Gasteiger partial charge on any atom is -0.354 e. The molecule has 0 aromatic carbocycles. The van der Waals surface area contributed by atoms with Crippen LogP contribution in [0.2, 0.25) is 0 Å². The quantitative estimate of drug-likeness (QED) is 0.604. The SMILES string of the molecule is C[C@@H](NC1CCCCC1)C(=O)N1CCC[C@H]1C(=O)NCCCc1c[nH]cn1. The van der Waals surface area contributed by atoms with Gasteiger partial charge in [0.1, 0.15) is 6.04 Å². The molecule has 2 aliphatic rings. The van der Waals surface area contributed by atoms with Crippen molar-refractivity contribution in [1.82, 2.24) is 25.5 Å². The van der Waals surface area contributed by atoms with E-state index in [-0.39, 0.29) is 23.9 Å². The Balaban J connectivity index is 1.43. The van der Waals surface area contributed by atoms with Crippen LogP contribution in [0.25, 0.3) is 0 Å². The van der Waals surface area contributed by atoms with Crippen molar-refractivity contribution in [2.45, 2.75) is 82.8 Å². The van der Waals surface area contributed by atoms with Gasteiger partial charge in [0.05, 0.1) is 18.1 Å². The molecule has 0 spiro atoms. The van der Waals surface area contributed by atoms with E-state index in [0.29, 0.717) is 19.1 Å². The highest BCUT2D eigenvalue weighted by Crippen LogP contribution is 2.21. The zero-order valence-electron chi connectivity index (χ0n) is 16.4. The monoisotopic (exact) mass is 375 g/mol. The molecule has 0 bridgehead atoms. The highest BCUT2D eigenvalue weighted by atomic mass is 16.2. The van der Waals surface area contributed by atoms with Crippen molar-refractivity contribution < 1.29 is 9.59 Å². The molecule has 3 N–H and O–H groups in total. The highest BCUT2D eigenvalue weighted by molar-refractivity contribution is 5.90. The molecular weight excluding hydrogens is 342 g/mol. The van der Waals surface area contributed by atoms with E-state index in [1.165, 1.54) is 19.3 Å². The minimum absolute atomic E-state index is 0.0206. The third kappa shape index (κ3) is 5.54. The van der Waals surface area contributed by atoms with Gasteiger partial charge in [0.2, 0.25) is 11.8 Å². The van der Waals surface area contributed by atoms with Gasteiger partial charge in [-0.1, -0.05) is 19.3 Å². The van der Waals surface area contributed by atoms with Gasteiger partial charge in [-0.25, -0.2) is 4.98 Å². The number of likely N-dealkylation sites (tertiary alicyclic amines) is 1. The Labute approximate surface area is 161 Å². The summed E-state index contributed by atoms with van der Waals surface area (Å²) in [7, 11) is 0. The number of rotatable bonds is 8. The number of H-pyrrole nitrogens is 1. The van der Waals surface area contributed by atoms with E-state index in [0.717, 1.165) is 44.2 Å². The smallest absolute Gasteiger partial charge is 0.242 e. The number of aromatic nitrogens is 2. The van der Waals surface area contributed by atoms with Gasteiger partial charge >= 0.3 is 0 Å². The predicted molar refractivity (Wildman–Crippen MR) is 104 cm³/mol. The molecule has 1 saturated heterocycles. The molecule has 1 aromatic heterocycles. The van der Waals surface area contributed by atoms with Crippen LogP contribution in [0.3, 0.4) is 0 Å². The standard InChI is InChI=1S/C20H33N5O2/c1-15(24-16-7-3-2-4-8-16)20(27)25-12-6-10-18(25)19(26)22-11-5-9-17-13-21-14-23-17/h13-16,18,24H,2-12H2,1H3,(H,21,23)(H,22,26)/t15-,18+/m1/s1. The van der Waals surface area contributed by atoms with Crippen LogP contribution in [0.15, 0.2) is 12.5 Å². The molecule has 2 fully saturated rings. The highest BCUT2D eigenvalue weighted by Gasteiger charge is 2.36. The molecule has 0 radical (unpaired) electrons. The van der Waals surface area contributed by atoms with E-state index >= 15 is 0 Å². The number of nitrogens with one attached hydrogen (secondary N) is 3. The Bertz CT molecular complexity index is 598. The number of imidazole rings is 1. The lowest BCUT2D eigenvalue weighted by Crippen LogP contribution is -2.53. The Kier molecular flexibility index (Phi) is 7.26. The zero-order chi connectivity index (χ0) is 19.1. The molecule has 2 amide bonds. The van der Waals surface area contributed by atoms with Crippen LogP contribution in [-0.2, 0) is 16.0 Å². The summed E-state index contributed by atoms with van der Waals surface area (Å²) in [6.07, 6.45) is 13.0. The second-order valence-corrected chi connectivity index (χ2v) is 7.87. The third-order valence-electron chi connectivity index (χ3n) is 5.76. The summed E-state index contributed by atoms with van der Waals surface area (Å²) < 4.78 is 0. The predicted octanol–water partition coefficient (Wildman–Crippen LogP) is 1.76. The Morgan fingerprint density at radius 1 is 1.26 bits per heavy atom. The van der Waals surface area contributed by atoms with Crippen LogP contribution in [0.5, 0.6) is 0 Å². The number of nitrogens with zero attached hydrogens (tertiary/aromatic N) is 2. The first-order valence-corrected chi connectivity index (χ1v) is 10.5. The van der Waals surface area contributed by atoms with E-state index in [2.05, 4.69) is 20.6 Å². The number of carbonyl (C=O) groups is 2. The molecular formula is C20H33N5O2. The van der Waals surface area contributed by atoms with Crippen LogP contribution in [-0.4, -0.2) is 57.9 Å². The molecule has 1 aliphatic heterocycles. The largest absolute Gasteiger partial charge is 0.354 e. The number of hydrogen-bond donors (Lipinski definition) is 3. The second-order valence-electron chi connectivity index (χ2n) is 7.87. The Morgan fingerprint density at radius 2 is 2.07 bits per heavy atom. The topological polar surface area (TPSA) is 90.1 Å². The summed E-state index contributed by atoms with van der Waals surface area (Å²) in [4.78, 5) is 34.4. The number of aromatic amines is 1. The van der Waals surface area contributed by atoms with Crippen LogP contribution in [0.4, 0.5) is 0 Å². The maximum Gasteiger partial charge on any atom is 0.242 e. The number of aryl methyl sites for hydroxylation is 1. The molecule has 3 rings (SSSR count).